The third-order valence-electron chi connectivity index (χ3n) is 9.16. The maximum Gasteiger partial charge on any atom is 0.342 e. The van der Waals surface area contributed by atoms with Gasteiger partial charge in [-0.15, -0.1) is 0 Å². The number of aromatic nitrogens is 1. The molecule has 0 aliphatic heterocycles. The minimum atomic E-state index is -0.806. The molecular weight excluding hydrogens is 662 g/mol. The molecule has 0 atom stereocenters. The first kappa shape index (κ1) is 34.6. The quantitative estimate of drug-likeness (QED) is 0.144. The lowest BCUT2D eigenvalue weighted by molar-refractivity contribution is 0.0590. The van der Waals surface area contributed by atoms with Gasteiger partial charge in [-0.05, 0) is 59.2 Å². The molecule has 0 saturated carbocycles. The van der Waals surface area contributed by atoms with Crippen LogP contribution in [0.5, 0.6) is 46.0 Å². The Hall–Kier alpha value is -6.24. The Morgan fingerprint density at radius 2 is 0.902 bits per heavy atom. The van der Waals surface area contributed by atoms with Crippen LogP contribution in [0, 0.1) is 0 Å². The highest BCUT2D eigenvalue weighted by Crippen LogP contribution is 2.52. The molecular formula is C38H37NO12. The second-order valence-electron chi connectivity index (χ2n) is 11.5. The van der Waals surface area contributed by atoms with Crippen LogP contribution in [-0.2, 0) is 22.4 Å². The van der Waals surface area contributed by atoms with E-state index in [1.165, 1.54) is 49.8 Å². The van der Waals surface area contributed by atoms with Crippen LogP contribution in [0.2, 0.25) is 0 Å². The van der Waals surface area contributed by atoms with Crippen molar-refractivity contribution >= 4 is 55.3 Å². The van der Waals surface area contributed by atoms with Gasteiger partial charge in [-0.1, -0.05) is 6.07 Å². The van der Waals surface area contributed by atoms with Crippen molar-refractivity contribution in [3.8, 4) is 46.0 Å². The third kappa shape index (κ3) is 5.32. The number of esters is 2. The molecule has 0 aliphatic rings. The van der Waals surface area contributed by atoms with Crippen LogP contribution in [0.1, 0.15) is 26.3 Å². The number of ether oxygens (including phenoxy) is 8. The van der Waals surface area contributed by atoms with Crippen LogP contribution >= 0.6 is 0 Å². The minimum absolute atomic E-state index is 0.132. The van der Waals surface area contributed by atoms with Crippen LogP contribution in [0.4, 0.5) is 0 Å². The molecule has 0 bridgehead atoms. The summed E-state index contributed by atoms with van der Waals surface area (Å²) in [5, 5.41) is 26.8. The highest BCUT2D eigenvalue weighted by atomic mass is 16.5. The van der Waals surface area contributed by atoms with Crippen molar-refractivity contribution in [3.63, 3.8) is 0 Å². The number of fused-ring (bicyclic) bond motifs is 7. The van der Waals surface area contributed by atoms with Crippen LogP contribution < -0.4 is 28.4 Å². The Morgan fingerprint density at radius 1 is 0.529 bits per heavy atom. The SMILES string of the molecule is COC(=O)c1c(O)c2c(c3cc(OC)c(OC)cc13)c1c3cc(OC)c(OC)cc3c(C(=O)OC)c(O)c1n2CCc1ccc(OC)c(OC)c1. The number of aryl methyl sites for hydroxylation is 2. The molecule has 5 aromatic carbocycles. The number of nitrogens with zero attached hydrogens (tertiary/aromatic N) is 1. The second kappa shape index (κ2) is 13.6. The molecule has 13 nitrogen and oxygen atoms in total. The number of phenolic OH excluding ortho intramolecular Hbond substituents is 2. The standard InChI is InChI=1S/C38H37NO12/c1-44-23-10-9-18(13-24(23)45-2)11-12-39-33-29(19-14-25(46-3)27(48-5)16-21(19)31(35(33)40)37(42)50-7)30-20-15-26(47-4)28(49-6)17-22(20)32(38(43)51-8)36(41)34(30)39/h9-10,13-17,40-41H,11-12H2,1-8H3. The smallest absolute Gasteiger partial charge is 0.342 e. The Labute approximate surface area is 292 Å². The number of methoxy groups -OCH3 is 8. The van der Waals surface area contributed by atoms with Gasteiger partial charge < -0.3 is 52.7 Å². The van der Waals surface area contributed by atoms with Gasteiger partial charge in [0, 0.05) is 28.1 Å². The summed E-state index contributed by atoms with van der Waals surface area (Å²) in [5.41, 5.74) is 0.958. The predicted molar refractivity (Wildman–Crippen MR) is 190 cm³/mol. The van der Waals surface area contributed by atoms with Crippen molar-refractivity contribution in [1.29, 1.82) is 0 Å². The van der Waals surface area contributed by atoms with Crippen molar-refractivity contribution in [2.75, 3.05) is 56.9 Å². The van der Waals surface area contributed by atoms with E-state index in [0.717, 1.165) is 5.56 Å². The fraction of sp³-hybridized carbons (Fsp3) is 0.263. The topological polar surface area (TPSA) is 153 Å². The molecule has 13 heteroatoms. The first-order chi connectivity index (χ1) is 24.6. The van der Waals surface area contributed by atoms with Crippen molar-refractivity contribution in [2.24, 2.45) is 0 Å². The van der Waals surface area contributed by atoms with Crippen LogP contribution in [0.25, 0.3) is 43.4 Å². The average Bonchev–Trinajstić information content (AvgIpc) is 3.51. The molecule has 2 N–H and O–H groups in total. The molecule has 266 valence electrons. The van der Waals surface area contributed by atoms with Gasteiger partial charge in [0.25, 0.3) is 0 Å². The molecule has 1 aromatic heterocycles. The maximum atomic E-state index is 13.5. The molecule has 6 rings (SSSR count). The van der Waals surface area contributed by atoms with Crippen molar-refractivity contribution in [2.45, 2.75) is 13.0 Å². The zero-order valence-electron chi connectivity index (χ0n) is 29.4. The summed E-state index contributed by atoms with van der Waals surface area (Å²) in [5.74, 6) is -0.0700. The molecule has 51 heavy (non-hydrogen) atoms. The van der Waals surface area contributed by atoms with Crippen LogP contribution in [0.3, 0.4) is 0 Å². The summed E-state index contributed by atoms with van der Waals surface area (Å²) in [6, 6.07) is 12.0. The van der Waals surface area contributed by atoms with E-state index < -0.39 is 23.4 Å². The Kier molecular flexibility index (Phi) is 9.22. The van der Waals surface area contributed by atoms with E-state index in [9.17, 15) is 19.8 Å². The number of carbonyl (C=O) groups excluding carboxylic acids is 2. The Balaban J connectivity index is 1.88. The summed E-state index contributed by atoms with van der Waals surface area (Å²) in [6.45, 7) is 0.148. The number of aromatic hydroxyl groups is 2. The average molecular weight is 700 g/mol. The fourth-order valence-electron chi connectivity index (χ4n) is 6.83. The predicted octanol–water partition coefficient (Wildman–Crippen LogP) is 6.38. The van der Waals surface area contributed by atoms with Crippen LogP contribution in [0.15, 0.2) is 42.5 Å². The monoisotopic (exact) mass is 699 g/mol. The normalized spacial score (nSPS) is 11.2. The van der Waals surface area contributed by atoms with Crippen LogP contribution in [-0.4, -0.2) is 83.6 Å². The van der Waals surface area contributed by atoms with Gasteiger partial charge >= 0.3 is 11.9 Å². The molecule has 1 heterocycles. The largest absolute Gasteiger partial charge is 0.505 e. The van der Waals surface area contributed by atoms with Gasteiger partial charge in [-0.2, -0.15) is 0 Å². The molecule has 0 fully saturated rings. The van der Waals surface area contributed by atoms with Gasteiger partial charge in [0.2, 0.25) is 0 Å². The summed E-state index contributed by atoms with van der Waals surface area (Å²) in [6.07, 6.45) is 0.354. The maximum absolute atomic E-state index is 13.5. The minimum Gasteiger partial charge on any atom is -0.505 e. The highest BCUT2D eigenvalue weighted by Gasteiger charge is 2.32. The van der Waals surface area contributed by atoms with E-state index >= 15 is 0 Å². The summed E-state index contributed by atoms with van der Waals surface area (Å²) in [7, 11) is 11.4. The Bertz CT molecular complexity index is 2240. The van der Waals surface area contributed by atoms with Gasteiger partial charge in [0.1, 0.15) is 11.1 Å². The second-order valence-corrected chi connectivity index (χ2v) is 11.5. The van der Waals surface area contributed by atoms with Crippen molar-refractivity contribution in [1.82, 2.24) is 4.57 Å². The van der Waals surface area contributed by atoms with E-state index in [1.807, 2.05) is 12.1 Å². The Morgan fingerprint density at radius 3 is 1.27 bits per heavy atom. The number of hydrogen-bond donors (Lipinski definition) is 2. The van der Waals surface area contributed by atoms with E-state index in [1.54, 1.807) is 42.0 Å². The number of rotatable bonds is 11. The highest BCUT2D eigenvalue weighted by molar-refractivity contribution is 6.35. The van der Waals surface area contributed by atoms with E-state index in [-0.39, 0.29) is 28.7 Å². The molecule has 0 amide bonds. The van der Waals surface area contributed by atoms with Gasteiger partial charge in [-0.25, -0.2) is 9.59 Å². The number of benzene rings is 5. The lowest BCUT2D eigenvalue weighted by atomic mass is 9.93. The zero-order chi connectivity index (χ0) is 36.7. The lowest BCUT2D eigenvalue weighted by Crippen LogP contribution is -2.07. The molecule has 0 radical (unpaired) electrons. The summed E-state index contributed by atoms with van der Waals surface area (Å²) >= 11 is 0. The number of carbonyl (C=O) groups is 2. The van der Waals surface area contributed by atoms with E-state index in [0.29, 0.717) is 73.2 Å². The lowest BCUT2D eigenvalue weighted by Gasteiger charge is -2.16. The van der Waals surface area contributed by atoms with Crippen molar-refractivity contribution in [3.05, 3.63) is 59.2 Å². The first-order valence-electron chi connectivity index (χ1n) is 15.7. The number of phenols is 2. The molecule has 0 unspecified atom stereocenters. The molecule has 0 saturated heterocycles. The van der Waals surface area contributed by atoms with E-state index in [4.69, 9.17) is 37.9 Å². The number of hydrogen-bond acceptors (Lipinski definition) is 12. The zero-order valence-corrected chi connectivity index (χ0v) is 29.4. The summed E-state index contributed by atoms with van der Waals surface area (Å²) < 4.78 is 45.4. The molecule has 6 aromatic rings. The van der Waals surface area contributed by atoms with Gasteiger partial charge in [-0.3, -0.25) is 0 Å². The van der Waals surface area contributed by atoms with Gasteiger partial charge in [0.05, 0.1) is 67.9 Å². The summed E-state index contributed by atoms with van der Waals surface area (Å²) in [4.78, 5) is 26.9. The fourth-order valence-corrected chi connectivity index (χ4v) is 6.83. The first-order valence-corrected chi connectivity index (χ1v) is 15.7. The molecule has 0 aliphatic carbocycles. The van der Waals surface area contributed by atoms with E-state index in [2.05, 4.69) is 0 Å². The van der Waals surface area contributed by atoms with Gasteiger partial charge in [0.15, 0.2) is 46.0 Å². The van der Waals surface area contributed by atoms with Crippen molar-refractivity contribution < 1.29 is 57.7 Å². The third-order valence-corrected chi connectivity index (χ3v) is 9.16. The molecule has 0 spiro atoms.